The molecule has 0 aliphatic carbocycles. The molecule has 2 N–H and O–H groups in total. The van der Waals surface area contributed by atoms with Gasteiger partial charge in [0.05, 0.1) is 20.1 Å². The maximum absolute atomic E-state index is 9.81. The van der Waals surface area contributed by atoms with E-state index in [1.165, 1.54) is 12.1 Å². The summed E-state index contributed by atoms with van der Waals surface area (Å²) in [6.45, 7) is 0. The average molecular weight is 338 g/mol. The Kier molecular flexibility index (Phi) is 4.36. The molecular weight excluding hydrogens is 330 g/mol. The second-order valence-corrected chi connectivity index (χ2v) is 5.60. The molecule has 0 saturated heterocycles. The van der Waals surface area contributed by atoms with Crippen molar-refractivity contribution in [3.8, 4) is 11.5 Å². The van der Waals surface area contributed by atoms with Gasteiger partial charge < -0.3 is 10.2 Å². The molecular formula is C13H8Cl4O2. The fraction of sp³-hybridized carbons (Fsp3) is 0.0769. The van der Waals surface area contributed by atoms with Gasteiger partial charge in [0.25, 0.3) is 0 Å². The zero-order valence-corrected chi connectivity index (χ0v) is 12.4. The first-order valence-electron chi connectivity index (χ1n) is 5.22. The van der Waals surface area contributed by atoms with E-state index in [9.17, 15) is 10.2 Å². The maximum Gasteiger partial charge on any atom is 0.120 e. The van der Waals surface area contributed by atoms with Gasteiger partial charge in [-0.15, -0.1) is 0 Å². The summed E-state index contributed by atoms with van der Waals surface area (Å²) in [4.78, 5) is 0. The molecule has 0 aromatic heterocycles. The zero-order valence-electron chi connectivity index (χ0n) is 9.42. The normalized spacial score (nSPS) is 10.7. The second-order valence-electron chi connectivity index (χ2n) is 3.97. The van der Waals surface area contributed by atoms with E-state index in [1.54, 1.807) is 12.1 Å². The van der Waals surface area contributed by atoms with E-state index in [1.807, 2.05) is 0 Å². The summed E-state index contributed by atoms with van der Waals surface area (Å²) < 4.78 is 0. The molecule has 0 spiro atoms. The quantitative estimate of drug-likeness (QED) is 0.780. The standard InChI is InChI=1S/C13H8Cl4O2/c14-8-2-6(12(18)4-10(8)16)1-7-3-9(15)11(17)5-13(7)19/h2-5,18-19H,1H2. The second kappa shape index (κ2) is 5.68. The van der Waals surface area contributed by atoms with Gasteiger partial charge in [-0.05, 0) is 23.3 Å². The number of hydrogen-bond acceptors (Lipinski definition) is 2. The number of hydrogen-bond donors (Lipinski definition) is 2. The molecule has 0 bridgehead atoms. The van der Waals surface area contributed by atoms with Crippen molar-refractivity contribution in [2.24, 2.45) is 0 Å². The predicted octanol–water partition coefficient (Wildman–Crippen LogP) is 5.30. The summed E-state index contributed by atoms with van der Waals surface area (Å²) in [5.74, 6) is -0.000236. The van der Waals surface area contributed by atoms with Crippen LogP contribution in [0, 0.1) is 0 Å². The Bertz CT molecular complexity index is 586. The number of aromatic hydroxyl groups is 2. The first-order chi connectivity index (χ1) is 8.88. The lowest BCUT2D eigenvalue weighted by Crippen LogP contribution is -1.91. The van der Waals surface area contributed by atoms with E-state index in [-0.39, 0.29) is 28.0 Å². The highest BCUT2D eigenvalue weighted by Crippen LogP contribution is 2.35. The highest BCUT2D eigenvalue weighted by Gasteiger charge is 2.12. The van der Waals surface area contributed by atoms with Gasteiger partial charge in [-0.1, -0.05) is 46.4 Å². The molecule has 2 aromatic carbocycles. The van der Waals surface area contributed by atoms with Crippen LogP contribution in [0.3, 0.4) is 0 Å². The monoisotopic (exact) mass is 336 g/mol. The van der Waals surface area contributed by atoms with E-state index in [4.69, 9.17) is 46.4 Å². The molecule has 0 unspecified atom stereocenters. The highest BCUT2D eigenvalue weighted by molar-refractivity contribution is 6.42. The molecule has 0 atom stereocenters. The summed E-state index contributed by atoms with van der Waals surface area (Å²) in [7, 11) is 0. The average Bonchev–Trinajstić information content (AvgIpc) is 2.32. The third kappa shape index (κ3) is 3.21. The zero-order chi connectivity index (χ0) is 14.2. The van der Waals surface area contributed by atoms with E-state index in [0.717, 1.165) is 0 Å². The molecule has 0 aliphatic heterocycles. The van der Waals surface area contributed by atoms with Crippen molar-refractivity contribution in [2.75, 3.05) is 0 Å². The molecule has 0 amide bonds. The third-order valence-electron chi connectivity index (χ3n) is 2.62. The van der Waals surface area contributed by atoms with Gasteiger partial charge in [-0.3, -0.25) is 0 Å². The van der Waals surface area contributed by atoms with Crippen LogP contribution in [0.2, 0.25) is 20.1 Å². The Hall–Kier alpha value is -0.800. The molecule has 2 aromatic rings. The summed E-state index contributed by atoms with van der Waals surface area (Å²) >= 11 is 23.4. The number of phenols is 2. The Morgan fingerprint density at radius 3 is 1.32 bits per heavy atom. The fourth-order valence-electron chi connectivity index (χ4n) is 1.64. The molecule has 0 aliphatic rings. The fourth-order valence-corrected chi connectivity index (χ4v) is 2.33. The van der Waals surface area contributed by atoms with Crippen molar-refractivity contribution in [1.29, 1.82) is 0 Å². The van der Waals surface area contributed by atoms with Gasteiger partial charge in [0.1, 0.15) is 11.5 Å². The molecule has 19 heavy (non-hydrogen) atoms. The Morgan fingerprint density at radius 2 is 0.947 bits per heavy atom. The van der Waals surface area contributed by atoms with Gasteiger partial charge in [-0.2, -0.15) is 0 Å². The minimum absolute atomic E-state index is 0.000118. The summed E-state index contributed by atoms with van der Waals surface area (Å²) in [6.07, 6.45) is 0.255. The van der Waals surface area contributed by atoms with Crippen LogP contribution >= 0.6 is 46.4 Å². The van der Waals surface area contributed by atoms with Crippen LogP contribution in [0.25, 0.3) is 0 Å². The van der Waals surface area contributed by atoms with E-state index < -0.39 is 0 Å². The van der Waals surface area contributed by atoms with Crippen molar-refractivity contribution >= 4 is 46.4 Å². The Morgan fingerprint density at radius 1 is 0.632 bits per heavy atom. The van der Waals surface area contributed by atoms with Crippen LogP contribution in [0.5, 0.6) is 11.5 Å². The van der Waals surface area contributed by atoms with Crippen LogP contribution in [0.1, 0.15) is 11.1 Å². The molecule has 100 valence electrons. The number of benzene rings is 2. The van der Waals surface area contributed by atoms with E-state index in [0.29, 0.717) is 21.2 Å². The third-order valence-corrected chi connectivity index (χ3v) is 4.07. The lowest BCUT2D eigenvalue weighted by Gasteiger charge is -2.09. The van der Waals surface area contributed by atoms with Gasteiger partial charge in [0.2, 0.25) is 0 Å². The van der Waals surface area contributed by atoms with Crippen LogP contribution in [-0.4, -0.2) is 10.2 Å². The molecule has 2 rings (SSSR count). The SMILES string of the molecule is Oc1cc(Cl)c(Cl)cc1Cc1cc(Cl)c(Cl)cc1O. The van der Waals surface area contributed by atoms with Crippen molar-refractivity contribution in [1.82, 2.24) is 0 Å². The Balaban J connectivity index is 2.42. The predicted molar refractivity (Wildman–Crippen MR) is 79.1 cm³/mol. The summed E-state index contributed by atoms with van der Waals surface area (Å²) in [6, 6.07) is 5.80. The maximum atomic E-state index is 9.81. The minimum Gasteiger partial charge on any atom is -0.508 e. The van der Waals surface area contributed by atoms with Crippen molar-refractivity contribution in [3.63, 3.8) is 0 Å². The topological polar surface area (TPSA) is 40.5 Å². The first kappa shape index (κ1) is 14.6. The van der Waals surface area contributed by atoms with Crippen LogP contribution in [0.15, 0.2) is 24.3 Å². The first-order valence-corrected chi connectivity index (χ1v) is 6.73. The van der Waals surface area contributed by atoms with Crippen molar-refractivity contribution in [2.45, 2.75) is 6.42 Å². The molecule has 0 saturated carbocycles. The van der Waals surface area contributed by atoms with Gasteiger partial charge in [0.15, 0.2) is 0 Å². The van der Waals surface area contributed by atoms with E-state index >= 15 is 0 Å². The highest BCUT2D eigenvalue weighted by atomic mass is 35.5. The molecule has 0 radical (unpaired) electrons. The molecule has 2 nitrogen and oxygen atoms in total. The lowest BCUT2D eigenvalue weighted by atomic mass is 10.0. The Labute approximate surface area is 130 Å². The van der Waals surface area contributed by atoms with Gasteiger partial charge in [0, 0.05) is 18.6 Å². The lowest BCUT2D eigenvalue weighted by molar-refractivity contribution is 0.463. The minimum atomic E-state index is -0.000118. The van der Waals surface area contributed by atoms with E-state index in [2.05, 4.69) is 0 Å². The van der Waals surface area contributed by atoms with Gasteiger partial charge in [-0.25, -0.2) is 0 Å². The van der Waals surface area contributed by atoms with Crippen molar-refractivity contribution in [3.05, 3.63) is 55.5 Å². The van der Waals surface area contributed by atoms with Crippen LogP contribution < -0.4 is 0 Å². The summed E-state index contributed by atoms with van der Waals surface area (Å²) in [5.41, 5.74) is 1.06. The van der Waals surface area contributed by atoms with Crippen LogP contribution in [0.4, 0.5) is 0 Å². The van der Waals surface area contributed by atoms with Crippen LogP contribution in [-0.2, 0) is 6.42 Å². The summed E-state index contributed by atoms with van der Waals surface area (Å²) in [5, 5.41) is 20.8. The molecule has 0 heterocycles. The van der Waals surface area contributed by atoms with Crippen molar-refractivity contribution < 1.29 is 10.2 Å². The number of halogens is 4. The number of phenolic OH excluding ortho intramolecular Hbond substituents is 2. The van der Waals surface area contributed by atoms with Gasteiger partial charge >= 0.3 is 0 Å². The molecule has 0 fully saturated rings. The number of rotatable bonds is 2. The smallest absolute Gasteiger partial charge is 0.120 e. The molecule has 6 heteroatoms. The largest absolute Gasteiger partial charge is 0.508 e.